The molecule has 18 heavy (non-hydrogen) atoms. The molecule has 6 heteroatoms. The summed E-state index contributed by atoms with van der Waals surface area (Å²) in [5.74, 6) is 1.23. The lowest BCUT2D eigenvalue weighted by atomic mass is 10.1. The molecule has 1 heterocycles. The quantitative estimate of drug-likeness (QED) is 0.667. The lowest BCUT2D eigenvalue weighted by Crippen LogP contribution is -2.23. The average Bonchev–Trinajstić information content (AvgIpc) is 2.82. The average molecular weight is 287 g/mol. The molecule has 1 unspecified atom stereocenters. The van der Waals surface area contributed by atoms with Crippen LogP contribution in [0.2, 0.25) is 5.02 Å². The number of hydrogen-bond acceptors (Lipinski definition) is 4. The third kappa shape index (κ3) is 3.60. The molecule has 1 atom stereocenters. The summed E-state index contributed by atoms with van der Waals surface area (Å²) < 4.78 is 0. The van der Waals surface area contributed by atoms with Gasteiger partial charge in [0.15, 0.2) is 0 Å². The molecular formula is C12H15ClN2O2S. The summed E-state index contributed by atoms with van der Waals surface area (Å²) in [7, 11) is 0. The van der Waals surface area contributed by atoms with Crippen molar-refractivity contribution in [2.75, 3.05) is 12.3 Å². The van der Waals surface area contributed by atoms with Crippen LogP contribution in [0.25, 0.3) is 0 Å². The number of hydrogen-bond donors (Lipinski definition) is 1. The fourth-order valence-electron chi connectivity index (χ4n) is 2.05. The summed E-state index contributed by atoms with van der Waals surface area (Å²) in [6.45, 7) is 1.39. The van der Waals surface area contributed by atoms with Crippen LogP contribution in [0.15, 0.2) is 18.2 Å². The van der Waals surface area contributed by atoms with Crippen LogP contribution < -0.4 is 5.32 Å². The van der Waals surface area contributed by atoms with Gasteiger partial charge in [0, 0.05) is 35.0 Å². The number of nitrogens with zero attached hydrogens (tertiary/aromatic N) is 1. The molecule has 1 N–H and O–H groups in total. The molecule has 4 nitrogen and oxygen atoms in total. The molecule has 1 saturated heterocycles. The minimum atomic E-state index is -0.363. The van der Waals surface area contributed by atoms with Crippen molar-refractivity contribution in [3.8, 4) is 0 Å². The van der Waals surface area contributed by atoms with Crippen LogP contribution in [0.3, 0.4) is 0 Å². The van der Waals surface area contributed by atoms with E-state index in [2.05, 4.69) is 5.32 Å². The van der Waals surface area contributed by atoms with Gasteiger partial charge >= 0.3 is 0 Å². The molecule has 2 rings (SSSR count). The van der Waals surface area contributed by atoms with E-state index < -0.39 is 0 Å². The zero-order valence-electron chi connectivity index (χ0n) is 9.89. The topological polar surface area (TPSA) is 55.2 Å². The maximum Gasteiger partial charge on any atom is 0.273 e. The van der Waals surface area contributed by atoms with Crippen molar-refractivity contribution in [3.63, 3.8) is 0 Å². The third-order valence-electron chi connectivity index (χ3n) is 2.95. The first-order chi connectivity index (χ1) is 8.66. The molecule has 1 aromatic carbocycles. The van der Waals surface area contributed by atoms with E-state index in [4.69, 9.17) is 11.6 Å². The summed E-state index contributed by atoms with van der Waals surface area (Å²) >= 11 is 7.84. The van der Waals surface area contributed by atoms with E-state index in [1.807, 2.05) is 11.8 Å². The van der Waals surface area contributed by atoms with Crippen LogP contribution in [0.4, 0.5) is 5.69 Å². The molecule has 0 aromatic heterocycles. The first-order valence-corrected chi connectivity index (χ1v) is 7.34. The van der Waals surface area contributed by atoms with Gasteiger partial charge in [-0.3, -0.25) is 10.1 Å². The molecule has 1 aromatic rings. The number of nitro benzene ring substituents is 1. The maximum atomic E-state index is 10.9. The van der Waals surface area contributed by atoms with Gasteiger partial charge in [-0.2, -0.15) is 11.8 Å². The molecule has 0 aliphatic carbocycles. The molecule has 1 aliphatic rings. The Morgan fingerprint density at radius 1 is 1.56 bits per heavy atom. The molecule has 1 fully saturated rings. The van der Waals surface area contributed by atoms with Gasteiger partial charge in [0.05, 0.1) is 4.92 Å². The molecule has 1 aliphatic heterocycles. The maximum absolute atomic E-state index is 10.9. The number of thioether (sulfide) groups is 1. The van der Waals surface area contributed by atoms with Crippen LogP contribution in [-0.4, -0.2) is 22.5 Å². The molecule has 0 bridgehead atoms. The van der Waals surface area contributed by atoms with Gasteiger partial charge in [0.1, 0.15) is 0 Å². The molecule has 98 valence electrons. The summed E-state index contributed by atoms with van der Waals surface area (Å²) in [6, 6.07) is 4.67. The Hall–Kier alpha value is -0.780. The molecular weight excluding hydrogens is 272 g/mol. The first-order valence-electron chi connectivity index (χ1n) is 5.92. The second kappa shape index (κ2) is 6.41. The van der Waals surface area contributed by atoms with Gasteiger partial charge in [-0.25, -0.2) is 0 Å². The number of benzene rings is 1. The van der Waals surface area contributed by atoms with E-state index in [9.17, 15) is 10.1 Å². The zero-order valence-corrected chi connectivity index (χ0v) is 11.5. The molecule has 0 amide bonds. The number of rotatable bonds is 5. The minimum absolute atomic E-state index is 0.131. The molecule has 0 saturated carbocycles. The highest BCUT2D eigenvalue weighted by atomic mass is 35.5. The fourth-order valence-corrected chi connectivity index (χ4v) is 3.48. The standard InChI is InChI=1S/C12H15ClN2O2S/c13-10-3-4-12(15(16)17)9(6-10)7-14-8-11-2-1-5-18-11/h3-4,6,11,14H,1-2,5,7-8H2. The fraction of sp³-hybridized carbons (Fsp3) is 0.500. The highest BCUT2D eigenvalue weighted by Crippen LogP contribution is 2.26. The van der Waals surface area contributed by atoms with Gasteiger partial charge in [0.2, 0.25) is 0 Å². The van der Waals surface area contributed by atoms with Crippen LogP contribution in [-0.2, 0) is 6.54 Å². The van der Waals surface area contributed by atoms with Crippen molar-refractivity contribution in [1.29, 1.82) is 0 Å². The Morgan fingerprint density at radius 2 is 2.39 bits per heavy atom. The summed E-state index contributed by atoms with van der Waals surface area (Å²) in [5, 5.41) is 15.3. The highest BCUT2D eigenvalue weighted by Gasteiger charge is 2.17. The highest BCUT2D eigenvalue weighted by molar-refractivity contribution is 8.00. The van der Waals surface area contributed by atoms with Crippen molar-refractivity contribution in [2.45, 2.75) is 24.6 Å². The summed E-state index contributed by atoms with van der Waals surface area (Å²) in [4.78, 5) is 10.5. The Kier molecular flexibility index (Phi) is 4.86. The van der Waals surface area contributed by atoms with Crippen molar-refractivity contribution in [3.05, 3.63) is 38.9 Å². The van der Waals surface area contributed by atoms with Crippen LogP contribution in [0, 0.1) is 10.1 Å². The van der Waals surface area contributed by atoms with Crippen molar-refractivity contribution in [2.24, 2.45) is 0 Å². The van der Waals surface area contributed by atoms with Crippen LogP contribution in [0.1, 0.15) is 18.4 Å². The van der Waals surface area contributed by atoms with Gasteiger partial charge in [-0.05, 0) is 30.7 Å². The number of nitro groups is 1. The third-order valence-corrected chi connectivity index (χ3v) is 4.58. The number of nitrogens with one attached hydrogen (secondary N) is 1. The second-order valence-electron chi connectivity index (χ2n) is 4.30. The van der Waals surface area contributed by atoms with Crippen molar-refractivity contribution < 1.29 is 4.92 Å². The van der Waals surface area contributed by atoms with E-state index in [0.717, 1.165) is 6.54 Å². The van der Waals surface area contributed by atoms with Gasteiger partial charge in [0.25, 0.3) is 5.69 Å². The van der Waals surface area contributed by atoms with Crippen LogP contribution in [0.5, 0.6) is 0 Å². The largest absolute Gasteiger partial charge is 0.311 e. The van der Waals surface area contributed by atoms with E-state index >= 15 is 0 Å². The molecule has 0 radical (unpaired) electrons. The van der Waals surface area contributed by atoms with Gasteiger partial charge < -0.3 is 5.32 Å². The SMILES string of the molecule is O=[N+]([O-])c1ccc(Cl)cc1CNCC1CCCS1. The number of halogens is 1. The monoisotopic (exact) mass is 286 g/mol. The van der Waals surface area contributed by atoms with Crippen molar-refractivity contribution >= 4 is 29.1 Å². The molecule has 0 spiro atoms. The van der Waals surface area contributed by atoms with Gasteiger partial charge in [-0.15, -0.1) is 0 Å². The van der Waals surface area contributed by atoms with E-state index in [1.54, 1.807) is 12.1 Å². The van der Waals surface area contributed by atoms with E-state index in [-0.39, 0.29) is 10.6 Å². The van der Waals surface area contributed by atoms with Crippen molar-refractivity contribution in [1.82, 2.24) is 5.32 Å². The minimum Gasteiger partial charge on any atom is -0.311 e. The van der Waals surface area contributed by atoms with Crippen LogP contribution >= 0.6 is 23.4 Å². The Balaban J connectivity index is 1.94. The summed E-state index contributed by atoms with van der Waals surface area (Å²) in [5.41, 5.74) is 0.779. The Labute approximate surface area is 115 Å². The van der Waals surface area contributed by atoms with E-state index in [1.165, 1.54) is 24.7 Å². The first kappa shape index (κ1) is 13.6. The zero-order chi connectivity index (χ0) is 13.0. The second-order valence-corrected chi connectivity index (χ2v) is 6.14. The van der Waals surface area contributed by atoms with Gasteiger partial charge in [-0.1, -0.05) is 11.6 Å². The van der Waals surface area contributed by atoms with E-state index in [0.29, 0.717) is 22.4 Å². The lowest BCUT2D eigenvalue weighted by molar-refractivity contribution is -0.385. The Morgan fingerprint density at radius 3 is 3.06 bits per heavy atom. The predicted octanol–water partition coefficient (Wildman–Crippen LogP) is 3.23. The smallest absolute Gasteiger partial charge is 0.273 e. The predicted molar refractivity (Wildman–Crippen MR) is 75.3 cm³/mol. The summed E-state index contributed by atoms with van der Waals surface area (Å²) in [6.07, 6.45) is 2.50. The lowest BCUT2D eigenvalue weighted by Gasteiger charge is -2.10. The Bertz CT molecular complexity index is 436. The normalized spacial score (nSPS) is 19.1.